The van der Waals surface area contributed by atoms with E-state index >= 15 is 0 Å². The molecule has 0 aromatic heterocycles. The molecule has 0 saturated heterocycles. The van der Waals surface area contributed by atoms with E-state index in [0.717, 1.165) is 17.7 Å². The summed E-state index contributed by atoms with van der Waals surface area (Å²) in [7, 11) is 0. The lowest BCUT2D eigenvalue weighted by atomic mass is 10.0. The number of aryl methyl sites for hydroxylation is 1. The van der Waals surface area contributed by atoms with E-state index in [2.05, 4.69) is 5.32 Å². The Morgan fingerprint density at radius 2 is 1.68 bits per heavy atom. The highest BCUT2D eigenvalue weighted by atomic mass is 19.4. The fourth-order valence-electron chi connectivity index (χ4n) is 2.32. The lowest BCUT2D eigenvalue weighted by molar-refractivity contribution is -0.139. The first-order chi connectivity index (χ1) is 11.7. The van der Waals surface area contributed by atoms with E-state index < -0.39 is 35.2 Å². The number of amides is 1. The van der Waals surface area contributed by atoms with Gasteiger partial charge in [0.15, 0.2) is 0 Å². The Hall–Kier alpha value is -2.83. The van der Waals surface area contributed by atoms with Gasteiger partial charge < -0.3 is 10.4 Å². The SMILES string of the molecule is Cc1ccc(C[C@@H](NC(=O)c2ccccc2C(F)(F)F)C(=O)O)cc1. The van der Waals surface area contributed by atoms with E-state index in [4.69, 9.17) is 0 Å². The largest absolute Gasteiger partial charge is 0.480 e. The number of rotatable bonds is 5. The summed E-state index contributed by atoms with van der Waals surface area (Å²) in [5, 5.41) is 11.4. The smallest absolute Gasteiger partial charge is 0.417 e. The van der Waals surface area contributed by atoms with E-state index in [1.165, 1.54) is 12.1 Å². The molecule has 0 aliphatic heterocycles. The highest BCUT2D eigenvalue weighted by Gasteiger charge is 2.35. The molecule has 2 rings (SSSR count). The maximum atomic E-state index is 13.0. The maximum absolute atomic E-state index is 13.0. The van der Waals surface area contributed by atoms with Crippen LogP contribution in [0.5, 0.6) is 0 Å². The van der Waals surface area contributed by atoms with Gasteiger partial charge in [0.2, 0.25) is 0 Å². The third kappa shape index (κ3) is 4.82. The number of halogens is 3. The fourth-order valence-corrected chi connectivity index (χ4v) is 2.32. The van der Waals surface area contributed by atoms with Gasteiger partial charge in [0.05, 0.1) is 11.1 Å². The van der Waals surface area contributed by atoms with Gasteiger partial charge in [0, 0.05) is 6.42 Å². The van der Waals surface area contributed by atoms with Crippen molar-refractivity contribution in [1.29, 1.82) is 0 Å². The molecule has 0 fully saturated rings. The van der Waals surface area contributed by atoms with Crippen LogP contribution < -0.4 is 5.32 Å². The molecule has 2 N–H and O–H groups in total. The highest BCUT2D eigenvalue weighted by Crippen LogP contribution is 2.31. The molecule has 1 atom stereocenters. The Bertz CT molecular complexity index is 770. The minimum Gasteiger partial charge on any atom is -0.480 e. The molecular weight excluding hydrogens is 335 g/mol. The van der Waals surface area contributed by atoms with Gasteiger partial charge in [-0.2, -0.15) is 13.2 Å². The highest BCUT2D eigenvalue weighted by molar-refractivity contribution is 5.98. The van der Waals surface area contributed by atoms with Crippen molar-refractivity contribution >= 4 is 11.9 Å². The standard InChI is InChI=1S/C18H16F3NO3/c1-11-6-8-12(9-7-11)10-15(17(24)25)22-16(23)13-4-2-3-5-14(13)18(19,20)21/h2-9,15H,10H2,1H3,(H,22,23)(H,24,25)/t15-/m1/s1. The summed E-state index contributed by atoms with van der Waals surface area (Å²) in [6, 6.07) is 9.91. The van der Waals surface area contributed by atoms with Crippen LogP contribution in [-0.2, 0) is 17.4 Å². The summed E-state index contributed by atoms with van der Waals surface area (Å²) < 4.78 is 39.0. The van der Waals surface area contributed by atoms with Gasteiger partial charge >= 0.3 is 12.1 Å². The number of alkyl halides is 3. The average Bonchev–Trinajstić information content (AvgIpc) is 2.55. The molecule has 0 spiro atoms. The van der Waals surface area contributed by atoms with E-state index in [1.54, 1.807) is 24.3 Å². The Balaban J connectivity index is 2.21. The Morgan fingerprint density at radius 1 is 1.08 bits per heavy atom. The molecule has 7 heteroatoms. The number of hydrogen-bond acceptors (Lipinski definition) is 2. The number of benzene rings is 2. The van der Waals surface area contributed by atoms with Gasteiger partial charge in [-0.1, -0.05) is 42.0 Å². The van der Waals surface area contributed by atoms with Gasteiger partial charge in [0.25, 0.3) is 5.91 Å². The number of carboxylic acids is 1. The summed E-state index contributed by atoms with van der Waals surface area (Å²) in [4.78, 5) is 23.6. The minimum atomic E-state index is -4.70. The zero-order chi connectivity index (χ0) is 18.6. The van der Waals surface area contributed by atoms with Crippen LogP contribution in [0.1, 0.15) is 27.0 Å². The molecule has 2 aromatic carbocycles. The van der Waals surface area contributed by atoms with Gasteiger partial charge in [-0.05, 0) is 24.6 Å². The van der Waals surface area contributed by atoms with E-state index in [1.807, 2.05) is 6.92 Å². The van der Waals surface area contributed by atoms with Crippen molar-refractivity contribution in [3.05, 3.63) is 70.8 Å². The van der Waals surface area contributed by atoms with E-state index in [-0.39, 0.29) is 6.42 Å². The van der Waals surface area contributed by atoms with Gasteiger partial charge in [-0.15, -0.1) is 0 Å². The maximum Gasteiger partial charge on any atom is 0.417 e. The van der Waals surface area contributed by atoms with E-state index in [0.29, 0.717) is 5.56 Å². The van der Waals surface area contributed by atoms with Crippen molar-refractivity contribution < 1.29 is 27.9 Å². The third-order valence-electron chi connectivity index (χ3n) is 3.64. The van der Waals surface area contributed by atoms with Gasteiger partial charge in [-0.3, -0.25) is 4.79 Å². The molecule has 132 valence electrons. The molecule has 25 heavy (non-hydrogen) atoms. The van der Waals surface area contributed by atoms with Crippen LogP contribution in [0.4, 0.5) is 13.2 Å². The average molecular weight is 351 g/mol. The predicted molar refractivity (Wildman–Crippen MR) is 85.2 cm³/mol. The Kier molecular flexibility index (Phi) is 5.46. The molecule has 0 radical (unpaired) electrons. The molecule has 0 aliphatic rings. The number of carbonyl (C=O) groups is 2. The molecule has 0 bridgehead atoms. The first-order valence-electron chi connectivity index (χ1n) is 7.44. The predicted octanol–water partition coefficient (Wildman–Crippen LogP) is 3.44. The quantitative estimate of drug-likeness (QED) is 0.867. The summed E-state index contributed by atoms with van der Waals surface area (Å²) in [6.45, 7) is 1.87. The Labute approximate surface area is 142 Å². The third-order valence-corrected chi connectivity index (χ3v) is 3.64. The molecule has 1 amide bonds. The number of aliphatic carboxylic acids is 1. The second-order valence-corrected chi connectivity index (χ2v) is 5.60. The summed E-state index contributed by atoms with van der Waals surface area (Å²) in [5.41, 5.74) is -0.0710. The number of hydrogen-bond donors (Lipinski definition) is 2. The number of nitrogens with one attached hydrogen (secondary N) is 1. The minimum absolute atomic E-state index is 0.0322. The monoisotopic (exact) mass is 351 g/mol. The summed E-state index contributed by atoms with van der Waals surface area (Å²) in [5.74, 6) is -2.40. The van der Waals surface area contributed by atoms with Crippen molar-refractivity contribution in [1.82, 2.24) is 5.32 Å². The molecule has 0 aliphatic carbocycles. The number of carbonyl (C=O) groups excluding carboxylic acids is 1. The van der Waals surface area contributed by atoms with E-state index in [9.17, 15) is 27.9 Å². The zero-order valence-electron chi connectivity index (χ0n) is 13.3. The molecule has 4 nitrogen and oxygen atoms in total. The summed E-state index contributed by atoms with van der Waals surface area (Å²) in [6.07, 6.45) is -4.74. The lowest BCUT2D eigenvalue weighted by Crippen LogP contribution is -2.42. The molecule has 0 heterocycles. The van der Waals surface area contributed by atoms with Crippen molar-refractivity contribution in [2.75, 3.05) is 0 Å². The molecule has 0 unspecified atom stereocenters. The van der Waals surface area contributed by atoms with Crippen LogP contribution in [-0.4, -0.2) is 23.0 Å². The van der Waals surface area contributed by atoms with Crippen LogP contribution in [0.25, 0.3) is 0 Å². The summed E-state index contributed by atoms with van der Waals surface area (Å²) >= 11 is 0. The van der Waals surface area contributed by atoms with Crippen molar-refractivity contribution in [2.45, 2.75) is 25.6 Å². The second kappa shape index (κ2) is 7.38. The molecule has 2 aromatic rings. The van der Waals surface area contributed by atoms with Crippen molar-refractivity contribution in [3.63, 3.8) is 0 Å². The van der Waals surface area contributed by atoms with Crippen LogP contribution in [0.15, 0.2) is 48.5 Å². The van der Waals surface area contributed by atoms with Crippen LogP contribution in [0.3, 0.4) is 0 Å². The topological polar surface area (TPSA) is 66.4 Å². The fraction of sp³-hybridized carbons (Fsp3) is 0.222. The van der Waals surface area contributed by atoms with Gasteiger partial charge in [-0.25, -0.2) is 4.79 Å². The van der Waals surface area contributed by atoms with Crippen LogP contribution in [0, 0.1) is 6.92 Å². The van der Waals surface area contributed by atoms with Gasteiger partial charge in [0.1, 0.15) is 6.04 Å². The van der Waals surface area contributed by atoms with Crippen molar-refractivity contribution in [3.8, 4) is 0 Å². The normalized spacial score (nSPS) is 12.5. The lowest BCUT2D eigenvalue weighted by Gasteiger charge is -2.17. The second-order valence-electron chi connectivity index (χ2n) is 5.60. The number of carboxylic acid groups (broad SMARTS) is 1. The van der Waals surface area contributed by atoms with Crippen LogP contribution >= 0.6 is 0 Å². The zero-order valence-corrected chi connectivity index (χ0v) is 13.3. The van der Waals surface area contributed by atoms with Crippen molar-refractivity contribution in [2.24, 2.45) is 0 Å². The first kappa shape index (κ1) is 18.5. The first-order valence-corrected chi connectivity index (χ1v) is 7.44. The Morgan fingerprint density at radius 3 is 2.24 bits per heavy atom. The molecule has 0 saturated carbocycles. The molecular formula is C18H16F3NO3. The van der Waals surface area contributed by atoms with Crippen LogP contribution in [0.2, 0.25) is 0 Å².